The summed E-state index contributed by atoms with van der Waals surface area (Å²) in [6.07, 6.45) is 7.35. The summed E-state index contributed by atoms with van der Waals surface area (Å²) < 4.78 is 0. The summed E-state index contributed by atoms with van der Waals surface area (Å²) in [4.78, 5) is 20.3. The summed E-state index contributed by atoms with van der Waals surface area (Å²) in [5.41, 5.74) is 2.75. The van der Waals surface area contributed by atoms with E-state index in [-0.39, 0.29) is 5.91 Å². The Kier molecular flexibility index (Phi) is 5.19. The van der Waals surface area contributed by atoms with Crippen LogP contribution in [0.4, 0.5) is 5.95 Å². The molecule has 2 aromatic rings. The lowest BCUT2D eigenvalue weighted by molar-refractivity contribution is -0.121. The SMILES string of the molecule is O=C(C[C@H]1CCCc2ccccc21)NCCNc1ncccn1. The minimum absolute atomic E-state index is 0.113. The Morgan fingerprint density at radius 1 is 1.13 bits per heavy atom. The summed E-state index contributed by atoms with van der Waals surface area (Å²) in [6, 6.07) is 10.3. The smallest absolute Gasteiger partial charge is 0.222 e. The van der Waals surface area contributed by atoms with E-state index in [1.54, 1.807) is 18.5 Å². The van der Waals surface area contributed by atoms with Gasteiger partial charge in [0.1, 0.15) is 0 Å². The van der Waals surface area contributed by atoms with E-state index in [2.05, 4.69) is 44.9 Å². The third-order valence-electron chi connectivity index (χ3n) is 4.22. The van der Waals surface area contributed by atoms with E-state index < -0.39 is 0 Å². The van der Waals surface area contributed by atoms with Gasteiger partial charge in [0.15, 0.2) is 0 Å². The maximum atomic E-state index is 12.2. The number of hydrogen-bond acceptors (Lipinski definition) is 4. The lowest BCUT2D eigenvalue weighted by Crippen LogP contribution is -2.30. The van der Waals surface area contributed by atoms with Crippen molar-refractivity contribution in [3.05, 3.63) is 53.9 Å². The normalized spacial score (nSPS) is 16.4. The molecule has 1 atom stereocenters. The molecule has 1 aliphatic rings. The van der Waals surface area contributed by atoms with Crippen molar-refractivity contribution in [1.82, 2.24) is 15.3 Å². The highest BCUT2D eigenvalue weighted by atomic mass is 16.1. The van der Waals surface area contributed by atoms with Crippen LogP contribution in [-0.2, 0) is 11.2 Å². The Labute approximate surface area is 136 Å². The average Bonchev–Trinajstić information content (AvgIpc) is 2.60. The molecule has 0 saturated carbocycles. The molecule has 0 bridgehead atoms. The number of nitrogens with one attached hydrogen (secondary N) is 2. The number of carbonyl (C=O) groups is 1. The molecule has 0 unspecified atom stereocenters. The maximum Gasteiger partial charge on any atom is 0.222 e. The largest absolute Gasteiger partial charge is 0.354 e. The molecule has 1 aliphatic carbocycles. The standard InChI is InChI=1S/C18H22N4O/c23-17(19-11-12-22-18-20-9-4-10-21-18)13-15-7-3-6-14-5-1-2-8-16(14)15/h1-2,4-5,8-10,15H,3,6-7,11-13H2,(H,19,23)(H,20,21,22)/t15-/m1/s1. The number of rotatable bonds is 6. The molecule has 0 spiro atoms. The third-order valence-corrected chi connectivity index (χ3v) is 4.22. The summed E-state index contributed by atoms with van der Waals surface area (Å²) >= 11 is 0. The van der Waals surface area contributed by atoms with E-state index in [1.807, 2.05) is 0 Å². The van der Waals surface area contributed by atoms with Gasteiger partial charge in [0.25, 0.3) is 0 Å². The molecule has 0 saturated heterocycles. The molecule has 3 rings (SSSR count). The van der Waals surface area contributed by atoms with Crippen molar-refractivity contribution in [2.75, 3.05) is 18.4 Å². The van der Waals surface area contributed by atoms with E-state index in [0.29, 0.717) is 31.4 Å². The zero-order chi connectivity index (χ0) is 15.9. The number of carbonyl (C=O) groups excluding carboxylic acids is 1. The van der Waals surface area contributed by atoms with Crippen molar-refractivity contribution in [3.63, 3.8) is 0 Å². The van der Waals surface area contributed by atoms with Crippen LogP contribution < -0.4 is 10.6 Å². The number of nitrogens with zero attached hydrogens (tertiary/aromatic N) is 2. The fourth-order valence-corrected chi connectivity index (χ4v) is 3.13. The highest BCUT2D eigenvalue weighted by Crippen LogP contribution is 2.33. The summed E-state index contributed by atoms with van der Waals surface area (Å²) in [7, 11) is 0. The van der Waals surface area contributed by atoms with Crippen molar-refractivity contribution in [2.24, 2.45) is 0 Å². The van der Waals surface area contributed by atoms with Crippen LogP contribution >= 0.6 is 0 Å². The molecular weight excluding hydrogens is 288 g/mol. The number of benzene rings is 1. The number of aryl methyl sites for hydroxylation is 1. The van der Waals surface area contributed by atoms with Crippen LogP contribution in [0.25, 0.3) is 0 Å². The third kappa shape index (κ3) is 4.28. The van der Waals surface area contributed by atoms with Gasteiger partial charge in [-0.1, -0.05) is 24.3 Å². The van der Waals surface area contributed by atoms with Crippen LogP contribution in [-0.4, -0.2) is 29.0 Å². The topological polar surface area (TPSA) is 66.9 Å². The first-order chi connectivity index (χ1) is 11.3. The molecule has 0 radical (unpaired) electrons. The van der Waals surface area contributed by atoms with Crippen LogP contribution in [0.1, 0.15) is 36.3 Å². The number of hydrogen-bond donors (Lipinski definition) is 2. The Morgan fingerprint density at radius 3 is 2.83 bits per heavy atom. The average molecular weight is 310 g/mol. The van der Waals surface area contributed by atoms with Crippen molar-refractivity contribution >= 4 is 11.9 Å². The van der Waals surface area contributed by atoms with E-state index in [9.17, 15) is 4.79 Å². The second-order valence-corrected chi connectivity index (χ2v) is 5.84. The number of aromatic nitrogens is 2. The molecule has 5 heteroatoms. The number of anilines is 1. The van der Waals surface area contributed by atoms with Crippen molar-refractivity contribution in [1.29, 1.82) is 0 Å². The Hall–Kier alpha value is -2.43. The van der Waals surface area contributed by atoms with Crippen LogP contribution in [0.2, 0.25) is 0 Å². The van der Waals surface area contributed by atoms with Gasteiger partial charge in [0.05, 0.1) is 0 Å². The molecular formula is C18H22N4O. The Balaban J connectivity index is 1.43. The molecule has 120 valence electrons. The lowest BCUT2D eigenvalue weighted by atomic mass is 9.81. The predicted molar refractivity (Wildman–Crippen MR) is 90.3 cm³/mol. The van der Waals surface area contributed by atoms with Gasteiger partial charge < -0.3 is 10.6 Å². The minimum atomic E-state index is 0.113. The van der Waals surface area contributed by atoms with Crippen molar-refractivity contribution < 1.29 is 4.79 Å². The van der Waals surface area contributed by atoms with Gasteiger partial charge in [-0.25, -0.2) is 9.97 Å². The minimum Gasteiger partial charge on any atom is -0.354 e. The van der Waals surface area contributed by atoms with Gasteiger partial charge in [0, 0.05) is 31.9 Å². The second-order valence-electron chi connectivity index (χ2n) is 5.84. The highest BCUT2D eigenvalue weighted by molar-refractivity contribution is 5.77. The van der Waals surface area contributed by atoms with E-state index >= 15 is 0 Å². The van der Waals surface area contributed by atoms with Crippen LogP contribution in [0.15, 0.2) is 42.7 Å². The van der Waals surface area contributed by atoms with E-state index in [0.717, 1.165) is 12.8 Å². The molecule has 0 aliphatic heterocycles. The van der Waals surface area contributed by atoms with Gasteiger partial charge in [-0.2, -0.15) is 0 Å². The fraction of sp³-hybridized carbons (Fsp3) is 0.389. The molecule has 2 N–H and O–H groups in total. The molecule has 0 fully saturated rings. The van der Waals surface area contributed by atoms with Crippen molar-refractivity contribution in [3.8, 4) is 0 Å². The number of amides is 1. The summed E-state index contributed by atoms with van der Waals surface area (Å²) in [5, 5.41) is 6.06. The zero-order valence-electron chi connectivity index (χ0n) is 13.2. The molecule has 1 amide bonds. The van der Waals surface area contributed by atoms with Crippen molar-refractivity contribution in [2.45, 2.75) is 31.6 Å². The summed E-state index contributed by atoms with van der Waals surface area (Å²) in [6.45, 7) is 1.20. The van der Waals surface area contributed by atoms with Gasteiger partial charge in [0.2, 0.25) is 11.9 Å². The molecule has 23 heavy (non-hydrogen) atoms. The molecule has 5 nitrogen and oxygen atoms in total. The molecule has 1 aromatic carbocycles. The first-order valence-corrected chi connectivity index (χ1v) is 8.18. The van der Waals surface area contributed by atoms with Gasteiger partial charge in [-0.15, -0.1) is 0 Å². The number of fused-ring (bicyclic) bond motifs is 1. The lowest BCUT2D eigenvalue weighted by Gasteiger charge is -2.25. The Morgan fingerprint density at radius 2 is 1.96 bits per heavy atom. The fourth-order valence-electron chi connectivity index (χ4n) is 3.13. The Bertz CT molecular complexity index is 644. The summed E-state index contributed by atoms with van der Waals surface area (Å²) in [5.74, 6) is 1.05. The quantitative estimate of drug-likeness (QED) is 0.805. The molecule has 1 aromatic heterocycles. The van der Waals surface area contributed by atoms with E-state index in [4.69, 9.17) is 0 Å². The van der Waals surface area contributed by atoms with E-state index in [1.165, 1.54) is 17.5 Å². The van der Waals surface area contributed by atoms with Crippen LogP contribution in [0.5, 0.6) is 0 Å². The molecule has 1 heterocycles. The monoisotopic (exact) mass is 310 g/mol. The predicted octanol–water partition coefficient (Wildman–Crippen LogP) is 2.51. The van der Waals surface area contributed by atoms with Crippen LogP contribution in [0.3, 0.4) is 0 Å². The van der Waals surface area contributed by atoms with Crippen LogP contribution in [0, 0.1) is 0 Å². The second kappa shape index (κ2) is 7.72. The highest BCUT2D eigenvalue weighted by Gasteiger charge is 2.21. The first kappa shape index (κ1) is 15.5. The zero-order valence-corrected chi connectivity index (χ0v) is 13.2. The van der Waals surface area contributed by atoms with Gasteiger partial charge >= 0.3 is 0 Å². The van der Waals surface area contributed by atoms with Gasteiger partial charge in [-0.05, 0) is 42.4 Å². The first-order valence-electron chi connectivity index (χ1n) is 8.18. The van der Waals surface area contributed by atoms with Gasteiger partial charge in [-0.3, -0.25) is 4.79 Å². The maximum absolute atomic E-state index is 12.2.